The molecule has 1 amide bonds. The largest absolute Gasteiger partial charge is 0.326 e. The van der Waals surface area contributed by atoms with E-state index in [0.717, 1.165) is 16.1 Å². The number of nitrogens with one attached hydrogen (secondary N) is 1. The number of carbonyl (C=O) groups excluding carboxylic acids is 1. The van der Waals surface area contributed by atoms with Gasteiger partial charge in [-0.2, -0.15) is 0 Å². The summed E-state index contributed by atoms with van der Waals surface area (Å²) in [7, 11) is 0. The van der Waals surface area contributed by atoms with E-state index < -0.39 is 0 Å². The minimum atomic E-state index is -0.0922. The van der Waals surface area contributed by atoms with Crippen LogP contribution in [0.3, 0.4) is 0 Å². The number of thioether (sulfide) groups is 1. The minimum absolute atomic E-state index is 0.0922. The number of amides is 1. The van der Waals surface area contributed by atoms with Crippen LogP contribution in [-0.4, -0.2) is 12.2 Å². The Labute approximate surface area is 117 Å². The molecule has 2 rings (SSSR count). The normalized spacial score (nSPS) is 10.2. The Balaban J connectivity index is 2.16. The van der Waals surface area contributed by atoms with E-state index in [-0.39, 0.29) is 5.91 Å². The molecule has 0 unspecified atom stereocenters. The summed E-state index contributed by atoms with van der Waals surface area (Å²) in [5, 5.41) is 2.89. The third-order valence-corrected chi connectivity index (χ3v) is 3.59. The lowest BCUT2D eigenvalue weighted by molar-refractivity contribution is 0.102. The standard InChI is InChI=1S/C15H16N2OS/c1-19-14-5-3-2-4-13(14)15(18)17-12-8-6-11(10-16)7-9-12/h2-9H,10,16H2,1H3,(H,17,18). The summed E-state index contributed by atoms with van der Waals surface area (Å²) < 4.78 is 0. The third kappa shape index (κ3) is 3.36. The lowest BCUT2D eigenvalue weighted by Crippen LogP contribution is -2.12. The molecule has 0 aliphatic rings. The van der Waals surface area contributed by atoms with Crippen LogP contribution < -0.4 is 11.1 Å². The van der Waals surface area contributed by atoms with Crippen molar-refractivity contribution in [1.82, 2.24) is 0 Å². The topological polar surface area (TPSA) is 55.1 Å². The van der Waals surface area contributed by atoms with Gasteiger partial charge in [-0.25, -0.2) is 0 Å². The van der Waals surface area contributed by atoms with Gasteiger partial charge in [0.15, 0.2) is 0 Å². The molecule has 0 aliphatic carbocycles. The highest BCUT2D eigenvalue weighted by Gasteiger charge is 2.10. The molecule has 0 aliphatic heterocycles. The Kier molecular flexibility index (Phi) is 4.60. The Hall–Kier alpha value is -1.78. The lowest BCUT2D eigenvalue weighted by Gasteiger charge is -2.08. The van der Waals surface area contributed by atoms with Crippen LogP contribution >= 0.6 is 11.8 Å². The zero-order valence-electron chi connectivity index (χ0n) is 10.7. The Bertz CT molecular complexity index is 567. The number of hydrogen-bond donors (Lipinski definition) is 2. The van der Waals surface area contributed by atoms with Gasteiger partial charge < -0.3 is 11.1 Å². The van der Waals surface area contributed by atoms with E-state index in [9.17, 15) is 4.79 Å². The van der Waals surface area contributed by atoms with E-state index >= 15 is 0 Å². The fourth-order valence-corrected chi connectivity index (χ4v) is 2.35. The molecule has 0 saturated heterocycles. The number of benzene rings is 2. The molecule has 0 radical (unpaired) electrons. The maximum Gasteiger partial charge on any atom is 0.256 e. The molecule has 0 fully saturated rings. The van der Waals surface area contributed by atoms with Gasteiger partial charge in [-0.1, -0.05) is 24.3 Å². The van der Waals surface area contributed by atoms with Crippen LogP contribution in [0.15, 0.2) is 53.4 Å². The molecule has 0 aromatic heterocycles. The van der Waals surface area contributed by atoms with Gasteiger partial charge in [-0.05, 0) is 36.1 Å². The second-order valence-electron chi connectivity index (χ2n) is 4.06. The molecule has 0 heterocycles. The number of nitrogens with two attached hydrogens (primary N) is 1. The summed E-state index contributed by atoms with van der Waals surface area (Å²) in [6, 6.07) is 15.1. The predicted molar refractivity (Wildman–Crippen MR) is 80.5 cm³/mol. The number of anilines is 1. The number of hydrogen-bond acceptors (Lipinski definition) is 3. The zero-order chi connectivity index (χ0) is 13.7. The Morgan fingerprint density at radius 2 is 1.84 bits per heavy atom. The van der Waals surface area contributed by atoms with Gasteiger partial charge in [-0.3, -0.25) is 4.79 Å². The summed E-state index contributed by atoms with van der Waals surface area (Å²) in [5.41, 5.74) is 8.05. The van der Waals surface area contributed by atoms with Crippen LogP contribution in [0, 0.1) is 0 Å². The van der Waals surface area contributed by atoms with Gasteiger partial charge >= 0.3 is 0 Å². The first-order valence-corrected chi connectivity index (χ1v) is 7.20. The predicted octanol–water partition coefficient (Wildman–Crippen LogP) is 3.12. The first-order valence-electron chi connectivity index (χ1n) is 5.98. The molecule has 4 heteroatoms. The molecule has 3 nitrogen and oxygen atoms in total. The summed E-state index contributed by atoms with van der Waals surface area (Å²) in [6.45, 7) is 0.504. The number of carbonyl (C=O) groups is 1. The van der Waals surface area contributed by atoms with E-state index in [4.69, 9.17) is 5.73 Å². The van der Waals surface area contributed by atoms with Crippen molar-refractivity contribution >= 4 is 23.4 Å². The number of rotatable bonds is 4. The highest BCUT2D eigenvalue weighted by molar-refractivity contribution is 7.98. The van der Waals surface area contributed by atoms with Crippen LogP contribution in [0.5, 0.6) is 0 Å². The molecule has 2 aromatic carbocycles. The van der Waals surface area contributed by atoms with Crippen molar-refractivity contribution in [1.29, 1.82) is 0 Å². The summed E-state index contributed by atoms with van der Waals surface area (Å²) in [4.78, 5) is 13.2. The minimum Gasteiger partial charge on any atom is -0.326 e. The van der Waals surface area contributed by atoms with Crippen molar-refractivity contribution in [3.05, 3.63) is 59.7 Å². The average molecular weight is 272 g/mol. The van der Waals surface area contributed by atoms with Crippen molar-refractivity contribution in [3.63, 3.8) is 0 Å². The summed E-state index contributed by atoms with van der Waals surface area (Å²) >= 11 is 1.56. The lowest BCUT2D eigenvalue weighted by atomic mass is 10.2. The summed E-state index contributed by atoms with van der Waals surface area (Å²) in [5.74, 6) is -0.0922. The first kappa shape index (κ1) is 13.6. The molecule has 3 N–H and O–H groups in total. The third-order valence-electron chi connectivity index (χ3n) is 2.80. The van der Waals surface area contributed by atoms with Gasteiger partial charge in [0.25, 0.3) is 5.91 Å². The fourth-order valence-electron chi connectivity index (χ4n) is 1.75. The monoisotopic (exact) mass is 272 g/mol. The van der Waals surface area contributed by atoms with Crippen LogP contribution in [-0.2, 0) is 6.54 Å². The molecule has 0 spiro atoms. The maximum absolute atomic E-state index is 12.2. The van der Waals surface area contributed by atoms with Crippen LogP contribution in [0.1, 0.15) is 15.9 Å². The van der Waals surface area contributed by atoms with Crippen LogP contribution in [0.4, 0.5) is 5.69 Å². The first-order chi connectivity index (χ1) is 9.24. The van der Waals surface area contributed by atoms with Crippen molar-refractivity contribution < 1.29 is 4.79 Å². The highest BCUT2D eigenvalue weighted by atomic mass is 32.2. The second kappa shape index (κ2) is 6.41. The smallest absolute Gasteiger partial charge is 0.256 e. The van der Waals surface area contributed by atoms with Crippen LogP contribution in [0.25, 0.3) is 0 Å². The van der Waals surface area contributed by atoms with Crippen molar-refractivity contribution in [3.8, 4) is 0 Å². The summed E-state index contributed by atoms with van der Waals surface area (Å²) in [6.07, 6.45) is 1.96. The molecule has 0 saturated carbocycles. The second-order valence-corrected chi connectivity index (χ2v) is 4.90. The van der Waals surface area contributed by atoms with Gasteiger partial charge in [0, 0.05) is 17.1 Å². The van der Waals surface area contributed by atoms with Crippen molar-refractivity contribution in [2.75, 3.05) is 11.6 Å². The molecular weight excluding hydrogens is 256 g/mol. The van der Waals surface area contributed by atoms with E-state index in [1.54, 1.807) is 11.8 Å². The van der Waals surface area contributed by atoms with Crippen molar-refractivity contribution in [2.24, 2.45) is 5.73 Å². The van der Waals surface area contributed by atoms with Crippen LogP contribution in [0.2, 0.25) is 0 Å². The van der Waals surface area contributed by atoms with Gasteiger partial charge in [0.05, 0.1) is 5.56 Å². The molecule has 98 valence electrons. The van der Waals surface area contributed by atoms with E-state index in [2.05, 4.69) is 5.32 Å². The van der Waals surface area contributed by atoms with Gasteiger partial charge in [0.1, 0.15) is 0 Å². The maximum atomic E-state index is 12.2. The van der Waals surface area contributed by atoms with E-state index in [1.807, 2.05) is 54.8 Å². The average Bonchev–Trinajstić information content (AvgIpc) is 2.48. The quantitative estimate of drug-likeness (QED) is 0.841. The Morgan fingerprint density at radius 3 is 2.47 bits per heavy atom. The van der Waals surface area contributed by atoms with Crippen molar-refractivity contribution in [2.45, 2.75) is 11.4 Å². The van der Waals surface area contributed by atoms with Gasteiger partial charge in [0.2, 0.25) is 0 Å². The SMILES string of the molecule is CSc1ccccc1C(=O)Nc1ccc(CN)cc1. The van der Waals surface area contributed by atoms with Gasteiger partial charge in [-0.15, -0.1) is 11.8 Å². The Morgan fingerprint density at radius 1 is 1.16 bits per heavy atom. The molecule has 2 aromatic rings. The molecule has 0 atom stereocenters. The molecular formula is C15H16N2OS. The van der Waals surface area contributed by atoms with E-state index in [0.29, 0.717) is 12.1 Å². The highest BCUT2D eigenvalue weighted by Crippen LogP contribution is 2.21. The van der Waals surface area contributed by atoms with E-state index in [1.165, 1.54) is 0 Å². The molecule has 19 heavy (non-hydrogen) atoms. The fraction of sp³-hybridized carbons (Fsp3) is 0.133. The molecule has 0 bridgehead atoms. The zero-order valence-corrected chi connectivity index (χ0v) is 11.5.